The smallest absolute Gasteiger partial charge is 0.305 e. The molecule has 1 aromatic rings. The number of hydrogen-bond donors (Lipinski definition) is 0. The van der Waals surface area contributed by atoms with Crippen LogP contribution in [-0.4, -0.2) is 12.3 Å². The van der Waals surface area contributed by atoms with Gasteiger partial charge in [-0.05, 0) is 12.1 Å². The van der Waals surface area contributed by atoms with Gasteiger partial charge in [0, 0.05) is 6.42 Å². The van der Waals surface area contributed by atoms with Crippen LogP contribution in [0.2, 0.25) is 0 Å². The highest BCUT2D eigenvalue weighted by Gasteiger charge is 2.03. The molecule has 0 saturated carbocycles. The summed E-state index contributed by atoms with van der Waals surface area (Å²) >= 11 is 0. The third-order valence-electron chi connectivity index (χ3n) is 1.46. The lowest BCUT2D eigenvalue weighted by atomic mass is 10.4. The van der Waals surface area contributed by atoms with Gasteiger partial charge in [-0.1, -0.05) is 6.92 Å². The Hall–Kier alpha value is -1.58. The van der Waals surface area contributed by atoms with E-state index in [2.05, 4.69) is 0 Å². The molecular weight excluding hydrogens is 172 g/mol. The van der Waals surface area contributed by atoms with E-state index >= 15 is 0 Å². The topological polar surface area (TPSA) is 56.5 Å². The van der Waals surface area contributed by atoms with E-state index in [0.29, 0.717) is 18.5 Å². The number of rotatable bonds is 4. The van der Waals surface area contributed by atoms with Crippen LogP contribution in [0.25, 0.3) is 0 Å². The van der Waals surface area contributed by atoms with Gasteiger partial charge in [0.05, 0.1) is 0 Å². The molecule has 0 saturated heterocycles. The molecule has 0 amide bonds. The van der Waals surface area contributed by atoms with Crippen molar-refractivity contribution in [3.63, 3.8) is 0 Å². The van der Waals surface area contributed by atoms with Crippen LogP contribution in [0.4, 0.5) is 0 Å². The summed E-state index contributed by atoms with van der Waals surface area (Å²) in [7, 11) is 0. The Labute approximate surface area is 75.5 Å². The molecule has 0 atom stereocenters. The van der Waals surface area contributed by atoms with Crippen molar-refractivity contribution in [1.29, 1.82) is 0 Å². The zero-order chi connectivity index (χ0) is 9.68. The Kier molecular flexibility index (Phi) is 3.25. The van der Waals surface area contributed by atoms with Gasteiger partial charge in [0.15, 0.2) is 12.0 Å². The number of carbonyl (C=O) groups excluding carboxylic acids is 2. The monoisotopic (exact) mass is 182 g/mol. The van der Waals surface area contributed by atoms with Gasteiger partial charge in [-0.2, -0.15) is 0 Å². The molecule has 4 nitrogen and oxygen atoms in total. The summed E-state index contributed by atoms with van der Waals surface area (Å²) in [5.41, 5.74) is 0. The standard InChI is InChI=1S/C9H10O4/c1-2-9(11)12-6-8-4-3-7(5-10)13-8/h3-5H,2,6H2,1H3. The zero-order valence-electron chi connectivity index (χ0n) is 7.28. The minimum absolute atomic E-state index is 0.0838. The second kappa shape index (κ2) is 4.45. The summed E-state index contributed by atoms with van der Waals surface area (Å²) in [4.78, 5) is 20.9. The molecule has 0 aliphatic carbocycles. The molecule has 0 N–H and O–H groups in total. The first-order valence-corrected chi connectivity index (χ1v) is 3.95. The summed E-state index contributed by atoms with van der Waals surface area (Å²) in [6, 6.07) is 3.13. The zero-order valence-corrected chi connectivity index (χ0v) is 7.28. The van der Waals surface area contributed by atoms with Crippen molar-refractivity contribution < 1.29 is 18.7 Å². The number of furan rings is 1. The molecule has 1 rings (SSSR count). The van der Waals surface area contributed by atoms with Crippen molar-refractivity contribution in [3.05, 3.63) is 23.7 Å². The fraction of sp³-hybridized carbons (Fsp3) is 0.333. The Morgan fingerprint density at radius 3 is 2.92 bits per heavy atom. The minimum Gasteiger partial charge on any atom is -0.457 e. The van der Waals surface area contributed by atoms with Crippen LogP contribution < -0.4 is 0 Å². The predicted molar refractivity (Wildman–Crippen MR) is 44.2 cm³/mol. The fourth-order valence-corrected chi connectivity index (χ4v) is 0.789. The molecule has 70 valence electrons. The van der Waals surface area contributed by atoms with Crippen molar-refractivity contribution >= 4 is 12.3 Å². The molecule has 0 bridgehead atoms. The number of ether oxygens (including phenoxy) is 1. The molecule has 0 aliphatic heterocycles. The Morgan fingerprint density at radius 2 is 2.38 bits per heavy atom. The second-order valence-corrected chi connectivity index (χ2v) is 2.44. The van der Waals surface area contributed by atoms with Crippen LogP contribution in [0.1, 0.15) is 29.7 Å². The SMILES string of the molecule is CCC(=O)OCc1ccc(C=O)o1. The van der Waals surface area contributed by atoms with Gasteiger partial charge in [0.1, 0.15) is 12.4 Å². The quantitative estimate of drug-likeness (QED) is 0.523. The van der Waals surface area contributed by atoms with Gasteiger partial charge < -0.3 is 9.15 Å². The molecule has 0 unspecified atom stereocenters. The molecule has 4 heteroatoms. The highest BCUT2D eigenvalue weighted by molar-refractivity contribution is 5.70. The van der Waals surface area contributed by atoms with E-state index in [1.807, 2.05) is 0 Å². The molecule has 1 aromatic heterocycles. The lowest BCUT2D eigenvalue weighted by Crippen LogP contribution is -2.01. The van der Waals surface area contributed by atoms with Crippen molar-refractivity contribution in [1.82, 2.24) is 0 Å². The Bertz CT molecular complexity index is 300. The van der Waals surface area contributed by atoms with Crippen LogP contribution in [0.5, 0.6) is 0 Å². The largest absolute Gasteiger partial charge is 0.457 e. The van der Waals surface area contributed by atoms with Gasteiger partial charge in [0.25, 0.3) is 0 Å². The molecule has 13 heavy (non-hydrogen) atoms. The molecule has 0 radical (unpaired) electrons. The minimum atomic E-state index is -0.288. The van der Waals surface area contributed by atoms with E-state index in [-0.39, 0.29) is 18.3 Å². The summed E-state index contributed by atoms with van der Waals surface area (Å²) < 4.78 is 9.77. The third-order valence-corrected chi connectivity index (χ3v) is 1.46. The van der Waals surface area contributed by atoms with Crippen molar-refractivity contribution in [2.24, 2.45) is 0 Å². The van der Waals surface area contributed by atoms with Gasteiger partial charge >= 0.3 is 5.97 Å². The van der Waals surface area contributed by atoms with E-state index in [0.717, 1.165) is 0 Å². The van der Waals surface area contributed by atoms with Crippen LogP contribution in [0.3, 0.4) is 0 Å². The highest BCUT2D eigenvalue weighted by Crippen LogP contribution is 2.07. The third kappa shape index (κ3) is 2.74. The molecular formula is C9H10O4. The highest BCUT2D eigenvalue weighted by atomic mass is 16.5. The van der Waals surface area contributed by atoms with E-state index in [1.165, 1.54) is 6.07 Å². The summed E-state index contributed by atoms with van der Waals surface area (Å²) in [6.45, 7) is 1.79. The summed E-state index contributed by atoms with van der Waals surface area (Å²) in [5, 5.41) is 0. The first-order chi connectivity index (χ1) is 6.26. The van der Waals surface area contributed by atoms with E-state index in [9.17, 15) is 9.59 Å². The first kappa shape index (κ1) is 9.51. The van der Waals surface area contributed by atoms with Gasteiger partial charge in [0.2, 0.25) is 0 Å². The molecule has 1 heterocycles. The van der Waals surface area contributed by atoms with Gasteiger partial charge in [-0.25, -0.2) is 0 Å². The lowest BCUT2D eigenvalue weighted by Gasteiger charge is -1.98. The Morgan fingerprint density at radius 1 is 1.62 bits per heavy atom. The van der Waals surface area contributed by atoms with Crippen molar-refractivity contribution in [2.75, 3.05) is 0 Å². The second-order valence-electron chi connectivity index (χ2n) is 2.44. The average molecular weight is 182 g/mol. The predicted octanol–water partition coefficient (Wildman–Crippen LogP) is 1.55. The van der Waals surface area contributed by atoms with Crippen molar-refractivity contribution in [2.45, 2.75) is 20.0 Å². The molecule has 0 fully saturated rings. The Balaban J connectivity index is 2.45. The summed E-state index contributed by atoms with van der Waals surface area (Å²) in [5.74, 6) is 0.426. The van der Waals surface area contributed by atoms with Crippen molar-refractivity contribution in [3.8, 4) is 0 Å². The first-order valence-electron chi connectivity index (χ1n) is 3.95. The van der Waals surface area contributed by atoms with Crippen LogP contribution in [0.15, 0.2) is 16.5 Å². The molecule has 0 aliphatic rings. The maximum atomic E-state index is 10.7. The maximum Gasteiger partial charge on any atom is 0.305 e. The normalized spacial score (nSPS) is 9.62. The lowest BCUT2D eigenvalue weighted by molar-refractivity contribution is -0.145. The number of aldehydes is 1. The van der Waals surface area contributed by atoms with Gasteiger partial charge in [-0.15, -0.1) is 0 Å². The van der Waals surface area contributed by atoms with Crippen LogP contribution >= 0.6 is 0 Å². The number of esters is 1. The number of carbonyl (C=O) groups is 2. The van der Waals surface area contributed by atoms with E-state index in [4.69, 9.17) is 9.15 Å². The number of hydrogen-bond acceptors (Lipinski definition) is 4. The molecule has 0 aromatic carbocycles. The maximum absolute atomic E-state index is 10.7. The molecule has 0 spiro atoms. The van der Waals surface area contributed by atoms with Crippen LogP contribution in [-0.2, 0) is 16.1 Å². The van der Waals surface area contributed by atoms with Gasteiger partial charge in [-0.3, -0.25) is 9.59 Å². The van der Waals surface area contributed by atoms with Crippen LogP contribution in [0, 0.1) is 0 Å². The van der Waals surface area contributed by atoms with E-state index < -0.39 is 0 Å². The van der Waals surface area contributed by atoms with E-state index in [1.54, 1.807) is 13.0 Å². The summed E-state index contributed by atoms with van der Waals surface area (Å²) in [6.07, 6.45) is 0.937. The fourth-order valence-electron chi connectivity index (χ4n) is 0.789. The average Bonchev–Trinajstić information content (AvgIpc) is 2.61.